The second kappa shape index (κ2) is 5.24. The molecule has 1 aliphatic heterocycles. The molecule has 1 atom stereocenters. The highest BCUT2D eigenvalue weighted by Crippen LogP contribution is 2.39. The summed E-state index contributed by atoms with van der Waals surface area (Å²) in [5.41, 5.74) is 1.59. The summed E-state index contributed by atoms with van der Waals surface area (Å²) in [6, 6.07) is 15.8. The van der Waals surface area contributed by atoms with Crippen LogP contribution in [-0.2, 0) is 0 Å². The van der Waals surface area contributed by atoms with E-state index in [9.17, 15) is 13.2 Å². The fourth-order valence-electron chi connectivity index (χ4n) is 2.43. The molecular formula is C16H13F3N2. The smallest absolute Gasteiger partial charge is 0.340 e. The number of hydrogen-bond acceptors (Lipinski definition) is 2. The molecule has 0 aliphatic carbocycles. The summed E-state index contributed by atoms with van der Waals surface area (Å²) in [7, 11) is 0. The van der Waals surface area contributed by atoms with Crippen LogP contribution in [0.4, 0.5) is 18.9 Å². The number of rotatable bonds is 1. The zero-order chi connectivity index (χ0) is 14.9. The largest absolute Gasteiger partial charge is 0.397 e. The van der Waals surface area contributed by atoms with Gasteiger partial charge in [0.2, 0.25) is 0 Å². The van der Waals surface area contributed by atoms with Crippen LogP contribution in [0.5, 0.6) is 0 Å². The fraction of sp³-hybridized carbons (Fsp3) is 0.188. The summed E-state index contributed by atoms with van der Waals surface area (Å²) >= 11 is 0. The monoisotopic (exact) mass is 290 g/mol. The summed E-state index contributed by atoms with van der Waals surface area (Å²) in [5.74, 6) is -1.05. The van der Waals surface area contributed by atoms with Gasteiger partial charge in [-0.25, -0.2) is 0 Å². The number of para-hydroxylation sites is 1. The van der Waals surface area contributed by atoms with E-state index in [2.05, 4.69) is 10.3 Å². The Morgan fingerprint density at radius 2 is 1.62 bits per heavy atom. The van der Waals surface area contributed by atoms with E-state index in [4.69, 9.17) is 0 Å². The van der Waals surface area contributed by atoms with Crippen LogP contribution in [0.15, 0.2) is 59.6 Å². The van der Waals surface area contributed by atoms with Crippen molar-refractivity contribution >= 4 is 11.5 Å². The lowest BCUT2D eigenvalue weighted by molar-refractivity contribution is -0.148. The molecule has 0 saturated heterocycles. The van der Waals surface area contributed by atoms with E-state index in [1.54, 1.807) is 18.2 Å². The average molecular weight is 290 g/mol. The number of nitrogens with one attached hydrogen (secondary N) is 1. The average Bonchev–Trinajstić information content (AvgIpc) is 2.47. The van der Waals surface area contributed by atoms with Crippen LogP contribution in [0.3, 0.4) is 0 Å². The molecule has 2 nitrogen and oxygen atoms in total. The minimum atomic E-state index is -4.28. The molecule has 0 fully saturated rings. The van der Waals surface area contributed by atoms with Crippen molar-refractivity contribution in [1.29, 1.82) is 0 Å². The highest BCUT2D eigenvalue weighted by Gasteiger charge is 2.43. The predicted octanol–water partition coefficient (Wildman–Crippen LogP) is 4.20. The Kier molecular flexibility index (Phi) is 3.41. The number of halogens is 3. The van der Waals surface area contributed by atoms with E-state index in [-0.39, 0.29) is 12.1 Å². The van der Waals surface area contributed by atoms with E-state index in [0.717, 1.165) is 5.69 Å². The van der Waals surface area contributed by atoms with Crippen LogP contribution in [-0.4, -0.2) is 18.6 Å². The first-order valence-electron chi connectivity index (χ1n) is 6.58. The molecule has 1 unspecified atom stereocenters. The van der Waals surface area contributed by atoms with Crippen LogP contribution in [0.25, 0.3) is 0 Å². The van der Waals surface area contributed by atoms with Crippen molar-refractivity contribution in [2.24, 2.45) is 4.99 Å². The van der Waals surface area contributed by atoms with Crippen molar-refractivity contribution in [3.05, 3.63) is 65.7 Å². The van der Waals surface area contributed by atoms with Crippen molar-refractivity contribution in [3.8, 4) is 0 Å². The number of hydrogen-bond donors (Lipinski definition) is 1. The van der Waals surface area contributed by atoms with Gasteiger partial charge < -0.3 is 5.32 Å². The topological polar surface area (TPSA) is 24.4 Å². The minimum Gasteiger partial charge on any atom is -0.340 e. The highest BCUT2D eigenvalue weighted by atomic mass is 19.4. The molecule has 0 amide bonds. The van der Waals surface area contributed by atoms with Crippen molar-refractivity contribution < 1.29 is 13.2 Å². The number of anilines is 1. The summed E-state index contributed by atoms with van der Waals surface area (Å²) in [6.07, 6.45) is -4.28. The first-order chi connectivity index (χ1) is 10.1. The first kappa shape index (κ1) is 13.7. The van der Waals surface area contributed by atoms with Gasteiger partial charge in [-0.15, -0.1) is 0 Å². The van der Waals surface area contributed by atoms with E-state index in [1.807, 2.05) is 30.3 Å². The molecule has 0 spiro atoms. The Morgan fingerprint density at radius 1 is 0.952 bits per heavy atom. The molecule has 108 valence electrons. The van der Waals surface area contributed by atoms with Gasteiger partial charge in [-0.3, -0.25) is 4.99 Å². The first-order valence-corrected chi connectivity index (χ1v) is 6.58. The summed E-state index contributed by atoms with van der Waals surface area (Å²) in [6.45, 7) is -0.282. The van der Waals surface area contributed by atoms with Gasteiger partial charge in [0.25, 0.3) is 0 Å². The van der Waals surface area contributed by atoms with Crippen LogP contribution >= 0.6 is 0 Å². The van der Waals surface area contributed by atoms with Gasteiger partial charge in [-0.2, -0.15) is 13.2 Å². The SMILES string of the molecule is FC(F)(F)C1CN=C(Nc2ccccc2)c2ccccc21. The Labute approximate surface area is 120 Å². The number of alkyl halides is 3. The van der Waals surface area contributed by atoms with E-state index in [0.29, 0.717) is 11.4 Å². The van der Waals surface area contributed by atoms with Gasteiger partial charge in [0.15, 0.2) is 0 Å². The van der Waals surface area contributed by atoms with Crippen LogP contribution in [0, 0.1) is 0 Å². The van der Waals surface area contributed by atoms with Crippen molar-refractivity contribution in [3.63, 3.8) is 0 Å². The second-order valence-electron chi connectivity index (χ2n) is 4.86. The molecule has 1 aliphatic rings. The third-order valence-electron chi connectivity index (χ3n) is 3.45. The number of benzene rings is 2. The number of aliphatic imine (C=N–C) groups is 1. The Hall–Kier alpha value is -2.30. The second-order valence-corrected chi connectivity index (χ2v) is 4.86. The minimum absolute atomic E-state index is 0.276. The van der Waals surface area contributed by atoms with Gasteiger partial charge in [0, 0.05) is 11.3 Å². The maximum absolute atomic E-state index is 13.1. The maximum Gasteiger partial charge on any atom is 0.397 e. The standard InChI is InChI=1S/C16H13F3N2/c17-16(18,19)14-10-20-15(13-9-5-4-8-12(13)14)21-11-6-2-1-3-7-11/h1-9,14H,10H2,(H,20,21). The molecule has 21 heavy (non-hydrogen) atoms. The third kappa shape index (κ3) is 2.77. The molecule has 0 saturated carbocycles. The van der Waals surface area contributed by atoms with Gasteiger partial charge in [0.05, 0.1) is 6.54 Å². The molecule has 5 heteroatoms. The number of amidine groups is 1. The van der Waals surface area contributed by atoms with Gasteiger partial charge in [-0.05, 0) is 17.7 Å². The van der Waals surface area contributed by atoms with Crippen LogP contribution in [0.1, 0.15) is 17.0 Å². The zero-order valence-corrected chi connectivity index (χ0v) is 11.1. The molecule has 0 aromatic heterocycles. The molecule has 0 radical (unpaired) electrons. The molecule has 1 heterocycles. The summed E-state index contributed by atoms with van der Waals surface area (Å²) in [5, 5.41) is 3.09. The third-order valence-corrected chi connectivity index (χ3v) is 3.45. The van der Waals surface area contributed by atoms with Crippen molar-refractivity contribution in [2.75, 3.05) is 11.9 Å². The molecule has 2 aromatic carbocycles. The molecule has 0 bridgehead atoms. The van der Waals surface area contributed by atoms with Crippen molar-refractivity contribution in [1.82, 2.24) is 0 Å². The van der Waals surface area contributed by atoms with Gasteiger partial charge >= 0.3 is 6.18 Å². The highest BCUT2D eigenvalue weighted by molar-refractivity contribution is 6.10. The molecular weight excluding hydrogens is 277 g/mol. The Morgan fingerprint density at radius 3 is 2.33 bits per heavy atom. The molecule has 1 N–H and O–H groups in total. The lowest BCUT2D eigenvalue weighted by Gasteiger charge is -2.27. The van der Waals surface area contributed by atoms with Crippen LogP contribution < -0.4 is 5.32 Å². The van der Waals surface area contributed by atoms with E-state index < -0.39 is 12.1 Å². The van der Waals surface area contributed by atoms with E-state index >= 15 is 0 Å². The van der Waals surface area contributed by atoms with E-state index in [1.165, 1.54) is 6.07 Å². The fourth-order valence-corrected chi connectivity index (χ4v) is 2.43. The summed E-state index contributed by atoms with van der Waals surface area (Å²) < 4.78 is 39.3. The predicted molar refractivity (Wildman–Crippen MR) is 76.7 cm³/mol. The maximum atomic E-state index is 13.1. The molecule has 2 aromatic rings. The quantitative estimate of drug-likeness (QED) is 0.836. The Balaban J connectivity index is 1.96. The van der Waals surface area contributed by atoms with Crippen molar-refractivity contribution in [2.45, 2.75) is 12.1 Å². The Bertz CT molecular complexity index is 663. The molecule has 3 rings (SSSR count). The van der Waals surface area contributed by atoms with Gasteiger partial charge in [0.1, 0.15) is 11.8 Å². The lowest BCUT2D eigenvalue weighted by atomic mass is 9.90. The normalized spacial score (nSPS) is 17.9. The lowest BCUT2D eigenvalue weighted by Crippen LogP contribution is -2.31. The zero-order valence-electron chi connectivity index (χ0n) is 11.1. The number of fused-ring (bicyclic) bond motifs is 1. The van der Waals surface area contributed by atoms with Gasteiger partial charge in [-0.1, -0.05) is 42.5 Å². The number of nitrogens with zero attached hydrogens (tertiary/aromatic N) is 1. The van der Waals surface area contributed by atoms with Crippen LogP contribution in [0.2, 0.25) is 0 Å². The summed E-state index contributed by atoms with van der Waals surface area (Å²) in [4.78, 5) is 4.10.